The zero-order valence-corrected chi connectivity index (χ0v) is 17.2. The van der Waals surface area contributed by atoms with Crippen LogP contribution >= 0.6 is 0 Å². The fourth-order valence-corrected chi connectivity index (χ4v) is 6.25. The highest BCUT2D eigenvalue weighted by Crippen LogP contribution is 2.59. The average molecular weight is 378 g/mol. The van der Waals surface area contributed by atoms with Gasteiger partial charge in [0.15, 0.2) is 5.78 Å². The lowest BCUT2D eigenvalue weighted by Gasteiger charge is -2.54. The standard InChI is InChI=1S/C22H35NO4/c1-5-6-15-9-8-14-11-13(2)7-10-16(14)22(15,3)20(26)18-19(25)17(12-24)23(4)21(18)27/h13-17,24,26H,5-12H2,1-4H3/b20-18-/t13-,14-,15-,16-,17+,22-/m1/s1. The van der Waals surface area contributed by atoms with Crippen molar-refractivity contribution in [2.45, 2.75) is 71.8 Å². The van der Waals surface area contributed by atoms with Crippen molar-refractivity contribution in [3.8, 4) is 0 Å². The number of carbonyl (C=O) groups is 2. The van der Waals surface area contributed by atoms with E-state index in [2.05, 4.69) is 20.8 Å². The van der Waals surface area contributed by atoms with Crippen LogP contribution in [0.4, 0.5) is 0 Å². The number of ketones is 1. The van der Waals surface area contributed by atoms with Gasteiger partial charge in [0, 0.05) is 12.5 Å². The van der Waals surface area contributed by atoms with Crippen molar-refractivity contribution in [1.29, 1.82) is 0 Å². The Hall–Kier alpha value is -1.36. The minimum atomic E-state index is -0.867. The van der Waals surface area contributed by atoms with Gasteiger partial charge >= 0.3 is 0 Å². The molecule has 0 spiro atoms. The molecule has 27 heavy (non-hydrogen) atoms. The molecule has 1 aliphatic heterocycles. The minimum Gasteiger partial charge on any atom is -0.511 e. The fraction of sp³-hybridized carbons (Fsp3) is 0.818. The van der Waals surface area contributed by atoms with Crippen LogP contribution in [0.15, 0.2) is 11.3 Å². The number of amides is 1. The molecule has 0 unspecified atom stereocenters. The summed E-state index contributed by atoms with van der Waals surface area (Å²) in [6.45, 7) is 6.14. The number of allylic oxidation sites excluding steroid dienone is 1. The molecule has 3 rings (SSSR count). The largest absolute Gasteiger partial charge is 0.511 e. The Morgan fingerprint density at radius 1 is 1.22 bits per heavy atom. The van der Waals surface area contributed by atoms with E-state index in [1.807, 2.05) is 0 Å². The summed E-state index contributed by atoms with van der Waals surface area (Å²) in [6, 6.07) is -0.867. The van der Waals surface area contributed by atoms with E-state index in [4.69, 9.17) is 0 Å². The van der Waals surface area contributed by atoms with Crippen molar-refractivity contribution >= 4 is 11.7 Å². The van der Waals surface area contributed by atoms with Crippen LogP contribution in [0.1, 0.15) is 65.7 Å². The Bertz CT molecular complexity index is 642. The third-order valence-electron chi connectivity index (χ3n) is 7.86. The van der Waals surface area contributed by atoms with Crippen LogP contribution in [0.25, 0.3) is 0 Å². The van der Waals surface area contributed by atoms with Gasteiger partial charge in [0.1, 0.15) is 17.4 Å². The highest BCUT2D eigenvalue weighted by atomic mass is 16.3. The highest BCUT2D eigenvalue weighted by molar-refractivity contribution is 6.26. The lowest BCUT2D eigenvalue weighted by Crippen LogP contribution is -2.48. The van der Waals surface area contributed by atoms with Crippen LogP contribution < -0.4 is 0 Å². The molecule has 0 aromatic rings. The van der Waals surface area contributed by atoms with Crippen molar-refractivity contribution in [3.05, 3.63) is 11.3 Å². The van der Waals surface area contributed by atoms with Crippen molar-refractivity contribution in [1.82, 2.24) is 4.90 Å². The summed E-state index contributed by atoms with van der Waals surface area (Å²) in [5.74, 6) is 0.974. The fourth-order valence-electron chi connectivity index (χ4n) is 6.25. The number of likely N-dealkylation sites (tertiary alicyclic amines) is 1. The van der Waals surface area contributed by atoms with Crippen LogP contribution in [0.5, 0.6) is 0 Å². The highest BCUT2D eigenvalue weighted by Gasteiger charge is 2.55. The zero-order valence-electron chi connectivity index (χ0n) is 17.2. The molecular weight excluding hydrogens is 342 g/mol. The molecule has 1 heterocycles. The van der Waals surface area contributed by atoms with E-state index in [-0.39, 0.29) is 17.3 Å². The number of fused-ring (bicyclic) bond motifs is 1. The molecule has 0 aromatic heterocycles. The van der Waals surface area contributed by atoms with E-state index >= 15 is 0 Å². The Morgan fingerprint density at radius 2 is 1.93 bits per heavy atom. The van der Waals surface area contributed by atoms with Crippen molar-refractivity contribution in [2.75, 3.05) is 13.7 Å². The number of aliphatic hydroxyl groups is 2. The van der Waals surface area contributed by atoms with Crippen molar-refractivity contribution < 1.29 is 19.8 Å². The van der Waals surface area contributed by atoms with Gasteiger partial charge in [-0.3, -0.25) is 9.59 Å². The van der Waals surface area contributed by atoms with Gasteiger partial charge in [0.2, 0.25) is 0 Å². The molecule has 0 bridgehead atoms. The van der Waals surface area contributed by atoms with E-state index in [1.54, 1.807) is 0 Å². The monoisotopic (exact) mass is 377 g/mol. The second kappa shape index (κ2) is 7.57. The molecule has 5 nitrogen and oxygen atoms in total. The summed E-state index contributed by atoms with van der Waals surface area (Å²) in [6.07, 6.45) is 7.59. The third kappa shape index (κ3) is 3.12. The summed E-state index contributed by atoms with van der Waals surface area (Å²) in [7, 11) is 1.53. The van der Waals surface area contributed by atoms with Crippen molar-refractivity contribution in [3.63, 3.8) is 0 Å². The molecule has 1 saturated heterocycles. The Morgan fingerprint density at radius 3 is 2.52 bits per heavy atom. The van der Waals surface area contributed by atoms with E-state index < -0.39 is 29.8 Å². The first kappa shape index (κ1) is 20.4. The van der Waals surface area contributed by atoms with Gasteiger partial charge in [-0.15, -0.1) is 0 Å². The van der Waals surface area contributed by atoms with Crippen LogP contribution in [-0.4, -0.2) is 46.5 Å². The lowest BCUT2D eigenvalue weighted by molar-refractivity contribution is -0.126. The molecule has 0 aromatic carbocycles. The molecular formula is C22H35NO4. The normalized spacial score (nSPS) is 41.7. The molecule has 2 saturated carbocycles. The first-order chi connectivity index (χ1) is 12.8. The van der Waals surface area contributed by atoms with Crippen LogP contribution in [0, 0.1) is 29.1 Å². The van der Waals surface area contributed by atoms with Crippen LogP contribution in [0.2, 0.25) is 0 Å². The number of nitrogens with zero attached hydrogens (tertiary/aromatic N) is 1. The quantitative estimate of drug-likeness (QED) is 0.447. The molecule has 3 aliphatic rings. The summed E-state index contributed by atoms with van der Waals surface area (Å²) in [5.41, 5.74) is -0.607. The summed E-state index contributed by atoms with van der Waals surface area (Å²) in [5, 5.41) is 21.0. The number of hydrogen-bond donors (Lipinski definition) is 2. The molecule has 152 valence electrons. The number of Topliss-reactive ketones (excluding diaryl/α,β-unsaturated/α-hetero) is 1. The number of carbonyl (C=O) groups excluding carboxylic acids is 2. The van der Waals surface area contributed by atoms with Gasteiger partial charge in [0.25, 0.3) is 5.91 Å². The maximum Gasteiger partial charge on any atom is 0.261 e. The zero-order chi connectivity index (χ0) is 19.9. The number of aliphatic hydroxyl groups excluding tert-OH is 2. The van der Waals surface area contributed by atoms with Gasteiger partial charge in [-0.1, -0.05) is 33.6 Å². The molecule has 2 aliphatic carbocycles. The maximum absolute atomic E-state index is 12.8. The van der Waals surface area contributed by atoms with Crippen molar-refractivity contribution in [2.24, 2.45) is 29.1 Å². The molecule has 2 N–H and O–H groups in total. The first-order valence-corrected chi connectivity index (χ1v) is 10.6. The Kier molecular flexibility index (Phi) is 5.72. The second-order valence-electron chi connectivity index (χ2n) is 9.33. The first-order valence-electron chi connectivity index (χ1n) is 10.6. The van der Waals surface area contributed by atoms with Gasteiger partial charge in [-0.25, -0.2) is 0 Å². The Balaban J connectivity index is 2.08. The average Bonchev–Trinajstić information content (AvgIpc) is 2.85. The van der Waals surface area contributed by atoms with E-state index in [9.17, 15) is 19.8 Å². The molecule has 3 fully saturated rings. The van der Waals surface area contributed by atoms with E-state index in [1.165, 1.54) is 24.8 Å². The number of likely N-dealkylation sites (N-methyl/N-ethyl adjacent to an activating group) is 1. The number of hydrogen-bond acceptors (Lipinski definition) is 4. The van der Waals surface area contributed by atoms with Crippen LogP contribution in [-0.2, 0) is 9.59 Å². The number of rotatable bonds is 4. The predicted octanol–water partition coefficient (Wildman–Crippen LogP) is 3.47. The summed E-state index contributed by atoms with van der Waals surface area (Å²) in [4.78, 5) is 26.9. The Labute approximate surface area is 162 Å². The minimum absolute atomic E-state index is 0.00278. The van der Waals surface area contributed by atoms with Crippen LogP contribution in [0.3, 0.4) is 0 Å². The maximum atomic E-state index is 12.8. The van der Waals surface area contributed by atoms with Gasteiger partial charge in [-0.05, 0) is 55.8 Å². The van der Waals surface area contributed by atoms with Gasteiger partial charge < -0.3 is 15.1 Å². The van der Waals surface area contributed by atoms with Gasteiger partial charge in [-0.2, -0.15) is 0 Å². The molecule has 1 amide bonds. The SMILES string of the molecule is CCC[C@@H]1CC[C@@H]2C[C@H](C)CC[C@H]2[C@]1(C)/C(O)=C1\C(=O)[C@H](CO)N(C)C1=O. The summed E-state index contributed by atoms with van der Waals surface area (Å²) >= 11 is 0. The van der Waals surface area contributed by atoms with E-state index in [0.717, 1.165) is 32.1 Å². The summed E-state index contributed by atoms with van der Waals surface area (Å²) < 4.78 is 0. The molecule has 5 heteroatoms. The van der Waals surface area contributed by atoms with E-state index in [0.29, 0.717) is 17.8 Å². The van der Waals surface area contributed by atoms with Gasteiger partial charge in [0.05, 0.1) is 6.61 Å². The topological polar surface area (TPSA) is 77.8 Å². The lowest BCUT2D eigenvalue weighted by atomic mass is 9.51. The molecule has 6 atom stereocenters. The second-order valence-corrected chi connectivity index (χ2v) is 9.33. The smallest absolute Gasteiger partial charge is 0.261 e. The third-order valence-corrected chi connectivity index (χ3v) is 7.86. The predicted molar refractivity (Wildman–Crippen MR) is 104 cm³/mol. The molecule has 0 radical (unpaired) electrons.